The maximum atomic E-state index is 2.58. The second kappa shape index (κ2) is 14.5. The Kier molecular flexibility index (Phi) is 8.02. The van der Waals surface area contributed by atoms with Crippen LogP contribution in [0.4, 0.5) is 17.1 Å². The van der Waals surface area contributed by atoms with E-state index in [-0.39, 0.29) is 0 Å². The first-order chi connectivity index (χ1) is 34.3. The highest BCUT2D eigenvalue weighted by Gasteiger charge is 2.52. The van der Waals surface area contributed by atoms with Crippen LogP contribution in [0.2, 0.25) is 0 Å². The molecule has 0 saturated heterocycles. The van der Waals surface area contributed by atoms with Crippen molar-refractivity contribution in [2.75, 3.05) is 4.90 Å². The molecule has 0 bridgehead atoms. The maximum absolute atomic E-state index is 2.58. The third kappa shape index (κ3) is 5.20. The van der Waals surface area contributed by atoms with Gasteiger partial charge in [-0.15, -0.1) is 0 Å². The first-order valence-corrected chi connectivity index (χ1v) is 24.0. The molecule has 1 heterocycles. The number of hydrogen-bond donors (Lipinski definition) is 0. The Morgan fingerprint density at radius 1 is 0.275 bits per heavy atom. The molecule has 0 fully saturated rings. The van der Waals surface area contributed by atoms with E-state index in [2.05, 4.69) is 264 Å². The lowest BCUT2D eigenvalue weighted by molar-refractivity contribution is 0.793. The smallest absolute Gasteiger partial charge is 0.0726 e. The van der Waals surface area contributed by atoms with Crippen molar-refractivity contribution in [3.05, 3.63) is 277 Å². The van der Waals surface area contributed by atoms with Crippen molar-refractivity contribution in [3.63, 3.8) is 0 Å². The fourth-order valence-corrected chi connectivity index (χ4v) is 12.6. The van der Waals surface area contributed by atoms with Gasteiger partial charge in [-0.05, 0) is 125 Å². The lowest BCUT2D eigenvalue weighted by atomic mass is 9.70. The van der Waals surface area contributed by atoms with Crippen LogP contribution in [0.5, 0.6) is 0 Å². The van der Waals surface area contributed by atoms with Crippen molar-refractivity contribution in [3.8, 4) is 39.1 Å². The molecule has 0 aliphatic heterocycles. The summed E-state index contributed by atoms with van der Waals surface area (Å²) < 4.78 is 2.53. The van der Waals surface area contributed by atoms with E-state index in [0.717, 1.165) is 33.9 Å². The molecule has 0 N–H and O–H groups in total. The lowest BCUT2D eigenvalue weighted by Gasteiger charge is -2.34. The molecule has 15 rings (SSSR count). The third-order valence-electron chi connectivity index (χ3n) is 15.4. The molecule has 12 aromatic carbocycles. The van der Waals surface area contributed by atoms with Crippen molar-refractivity contribution in [1.82, 2.24) is 4.57 Å². The molecule has 1 spiro atoms. The molecule has 13 aromatic rings. The van der Waals surface area contributed by atoms with E-state index in [1.165, 1.54) is 98.6 Å². The van der Waals surface area contributed by atoms with Crippen LogP contribution in [0.25, 0.3) is 93.2 Å². The monoisotopic (exact) mass is 874 g/mol. The minimum atomic E-state index is -0.545. The highest BCUT2D eigenvalue weighted by molar-refractivity contribution is 6.26. The predicted molar refractivity (Wildman–Crippen MR) is 290 cm³/mol. The summed E-state index contributed by atoms with van der Waals surface area (Å²) in [6, 6.07) is 95.3. The Morgan fingerprint density at radius 3 is 1.29 bits per heavy atom. The fraction of sp³-hybridized carbons (Fsp3) is 0.0149. The molecule has 0 atom stereocenters. The Balaban J connectivity index is 1.14. The molecular formula is C67H42N2. The zero-order valence-electron chi connectivity index (χ0n) is 37.6. The summed E-state index contributed by atoms with van der Waals surface area (Å²) in [6.45, 7) is 0. The summed E-state index contributed by atoms with van der Waals surface area (Å²) in [7, 11) is 0. The molecule has 0 radical (unpaired) electrons. The number of rotatable bonds is 5. The summed E-state index contributed by atoms with van der Waals surface area (Å²) in [5, 5.41) is 9.97. The van der Waals surface area contributed by atoms with Gasteiger partial charge in [-0.2, -0.15) is 0 Å². The first kappa shape index (κ1) is 38.2. The second-order valence-corrected chi connectivity index (χ2v) is 18.7. The normalized spacial score (nSPS) is 13.0. The van der Waals surface area contributed by atoms with E-state index in [0.29, 0.717) is 0 Å². The quantitative estimate of drug-likeness (QED) is 0.156. The minimum Gasteiger partial charge on any atom is -0.308 e. The topological polar surface area (TPSA) is 8.17 Å². The van der Waals surface area contributed by atoms with Crippen LogP contribution in [0.15, 0.2) is 255 Å². The number of aromatic nitrogens is 1. The van der Waals surface area contributed by atoms with Gasteiger partial charge in [0.25, 0.3) is 0 Å². The number of nitrogens with zero attached hydrogens (tertiary/aromatic N) is 2. The summed E-state index contributed by atoms with van der Waals surface area (Å²) >= 11 is 0. The molecule has 2 heteroatoms. The summed E-state index contributed by atoms with van der Waals surface area (Å²) in [5.74, 6) is 0. The van der Waals surface area contributed by atoms with Gasteiger partial charge in [0, 0.05) is 22.0 Å². The van der Waals surface area contributed by atoms with Crippen LogP contribution >= 0.6 is 0 Å². The van der Waals surface area contributed by atoms with E-state index in [1.54, 1.807) is 0 Å². The number of benzene rings is 12. The van der Waals surface area contributed by atoms with Gasteiger partial charge in [0.1, 0.15) is 0 Å². The first-order valence-electron chi connectivity index (χ1n) is 24.0. The van der Waals surface area contributed by atoms with Gasteiger partial charge in [-0.3, -0.25) is 0 Å². The molecule has 69 heavy (non-hydrogen) atoms. The van der Waals surface area contributed by atoms with Crippen LogP contribution in [0.1, 0.15) is 22.3 Å². The van der Waals surface area contributed by atoms with Gasteiger partial charge in [0.15, 0.2) is 0 Å². The molecule has 0 saturated carbocycles. The second-order valence-electron chi connectivity index (χ2n) is 18.7. The van der Waals surface area contributed by atoms with Crippen molar-refractivity contribution in [2.45, 2.75) is 5.41 Å². The van der Waals surface area contributed by atoms with E-state index >= 15 is 0 Å². The average molecular weight is 875 g/mol. The lowest BCUT2D eigenvalue weighted by Crippen LogP contribution is -2.26. The van der Waals surface area contributed by atoms with Crippen molar-refractivity contribution >= 4 is 71.2 Å². The van der Waals surface area contributed by atoms with E-state index in [1.807, 2.05) is 0 Å². The zero-order valence-corrected chi connectivity index (χ0v) is 37.6. The van der Waals surface area contributed by atoms with Crippen LogP contribution in [0.3, 0.4) is 0 Å². The summed E-state index contributed by atoms with van der Waals surface area (Å²) in [5.41, 5.74) is 18.9. The molecule has 0 amide bonds. The number of anilines is 3. The van der Waals surface area contributed by atoms with Gasteiger partial charge < -0.3 is 9.47 Å². The molecule has 2 aliphatic carbocycles. The van der Waals surface area contributed by atoms with Gasteiger partial charge in [-0.1, -0.05) is 212 Å². The van der Waals surface area contributed by atoms with Crippen LogP contribution in [0, 0.1) is 0 Å². The van der Waals surface area contributed by atoms with Gasteiger partial charge in [-0.25, -0.2) is 0 Å². The number of para-hydroxylation sites is 3. The van der Waals surface area contributed by atoms with E-state index in [4.69, 9.17) is 0 Å². The molecular weight excluding hydrogens is 833 g/mol. The van der Waals surface area contributed by atoms with Crippen LogP contribution in [-0.2, 0) is 5.41 Å². The summed E-state index contributed by atoms with van der Waals surface area (Å²) in [6.07, 6.45) is 0. The number of hydrogen-bond acceptors (Lipinski definition) is 1. The maximum Gasteiger partial charge on any atom is 0.0726 e. The zero-order chi connectivity index (χ0) is 45.2. The van der Waals surface area contributed by atoms with Crippen molar-refractivity contribution < 1.29 is 0 Å². The molecule has 320 valence electrons. The van der Waals surface area contributed by atoms with Crippen LogP contribution in [-0.4, -0.2) is 4.57 Å². The van der Waals surface area contributed by atoms with Gasteiger partial charge in [0.2, 0.25) is 0 Å². The minimum absolute atomic E-state index is 0.545. The molecule has 2 aliphatic rings. The van der Waals surface area contributed by atoms with E-state index < -0.39 is 5.41 Å². The fourth-order valence-electron chi connectivity index (χ4n) is 12.6. The number of fused-ring (bicyclic) bond motifs is 19. The average Bonchev–Trinajstić information content (AvgIpc) is 4.03. The van der Waals surface area contributed by atoms with Crippen molar-refractivity contribution in [1.29, 1.82) is 0 Å². The molecule has 2 nitrogen and oxygen atoms in total. The standard InChI is InChI=1S/C67H42N2/c1-2-20-43(21-3-1)45-22-11-17-35-62(45)68(44-38-39-50-48-25-5-4-23-46(48)47-24-6-7-26-49(47)56(50)40-44)66-42-61-57(41-65(66)69-63-36-18-12-30-54(63)55-31-13-19-37-64(55)69)53-29-10-16-34-60(53)67(61)58-32-14-8-27-51(58)52-28-9-15-33-59(52)67/h1-42H. The Morgan fingerprint density at radius 2 is 0.710 bits per heavy atom. The Hall–Kier alpha value is -8.98. The Labute approximate surface area is 400 Å². The Bertz CT molecular complexity index is 4140. The van der Waals surface area contributed by atoms with Gasteiger partial charge in [0.05, 0.1) is 33.5 Å². The van der Waals surface area contributed by atoms with Crippen LogP contribution < -0.4 is 4.90 Å². The predicted octanol–water partition coefficient (Wildman–Crippen LogP) is 17.7. The largest absolute Gasteiger partial charge is 0.308 e. The summed E-state index contributed by atoms with van der Waals surface area (Å²) in [4.78, 5) is 2.58. The molecule has 1 aromatic heterocycles. The molecule has 0 unspecified atom stereocenters. The van der Waals surface area contributed by atoms with E-state index in [9.17, 15) is 0 Å². The SMILES string of the molecule is c1ccc(-c2ccccc2N(c2ccc3c4ccccc4c4ccccc4c3c2)c2cc3c(cc2-n2c4ccccc4c4ccccc42)-c2ccccc2C32c3ccccc3-c3ccccc32)cc1. The highest BCUT2D eigenvalue weighted by Crippen LogP contribution is 2.64. The third-order valence-corrected chi connectivity index (χ3v) is 15.4. The highest BCUT2D eigenvalue weighted by atomic mass is 15.2. The van der Waals surface area contributed by atoms with Gasteiger partial charge >= 0.3 is 0 Å². The van der Waals surface area contributed by atoms with Crippen molar-refractivity contribution in [2.24, 2.45) is 0 Å².